The van der Waals surface area contributed by atoms with Crippen molar-refractivity contribution in [2.45, 2.75) is 13.0 Å². The minimum Gasteiger partial charge on any atom is -0.352 e. The van der Waals surface area contributed by atoms with E-state index in [0.717, 1.165) is 37.7 Å². The third kappa shape index (κ3) is 5.81. The molecule has 2 aromatic rings. The lowest BCUT2D eigenvalue weighted by molar-refractivity contribution is -0.132. The molecule has 1 N–H and O–H groups in total. The second-order valence-electron chi connectivity index (χ2n) is 6.66. The number of hydrogen-bond donors (Lipinski definition) is 1. The van der Waals surface area contributed by atoms with Gasteiger partial charge in [0.1, 0.15) is 0 Å². The Bertz CT molecular complexity index is 757. The molecule has 1 saturated heterocycles. The molecule has 0 aliphatic carbocycles. The molecule has 0 spiro atoms. The largest absolute Gasteiger partial charge is 0.352 e. The molecular formula is C21H24ClN3O2. The highest BCUT2D eigenvalue weighted by molar-refractivity contribution is 6.30. The van der Waals surface area contributed by atoms with E-state index in [4.69, 9.17) is 11.6 Å². The van der Waals surface area contributed by atoms with Crippen LogP contribution in [0.1, 0.15) is 22.3 Å². The first kappa shape index (κ1) is 19.4. The number of hydrogen-bond acceptors (Lipinski definition) is 3. The van der Waals surface area contributed by atoms with Gasteiger partial charge in [0.05, 0.1) is 0 Å². The average molecular weight is 386 g/mol. The molecule has 2 aromatic carbocycles. The fraction of sp³-hybridized carbons (Fsp3) is 0.333. The lowest BCUT2D eigenvalue weighted by Crippen LogP contribution is -2.48. The number of rotatable bonds is 6. The summed E-state index contributed by atoms with van der Waals surface area (Å²) in [6.45, 7) is 4.37. The van der Waals surface area contributed by atoms with Crippen LogP contribution >= 0.6 is 11.6 Å². The Morgan fingerprint density at radius 3 is 2.26 bits per heavy atom. The van der Waals surface area contributed by atoms with Gasteiger partial charge in [-0.05, 0) is 29.8 Å². The van der Waals surface area contributed by atoms with Crippen molar-refractivity contribution < 1.29 is 9.59 Å². The van der Waals surface area contributed by atoms with Gasteiger partial charge in [0, 0.05) is 56.3 Å². The maximum absolute atomic E-state index is 12.4. The highest BCUT2D eigenvalue weighted by Crippen LogP contribution is 2.13. The number of nitrogens with one attached hydrogen (secondary N) is 1. The van der Waals surface area contributed by atoms with E-state index in [1.54, 1.807) is 12.1 Å². The second kappa shape index (κ2) is 9.53. The Kier molecular flexibility index (Phi) is 6.85. The maximum Gasteiger partial charge on any atom is 0.251 e. The molecule has 1 aliphatic rings. The Labute approximate surface area is 164 Å². The van der Waals surface area contributed by atoms with Gasteiger partial charge in [-0.1, -0.05) is 41.9 Å². The smallest absolute Gasteiger partial charge is 0.251 e. The summed E-state index contributed by atoms with van der Waals surface area (Å²) in [7, 11) is 0. The SMILES string of the molecule is O=C(NCCC(=O)N1CCN(Cc2ccc(Cl)cc2)CC1)c1ccccc1. The Hall–Kier alpha value is -2.37. The van der Waals surface area contributed by atoms with Gasteiger partial charge in [-0.15, -0.1) is 0 Å². The van der Waals surface area contributed by atoms with Gasteiger partial charge in [-0.25, -0.2) is 0 Å². The van der Waals surface area contributed by atoms with E-state index >= 15 is 0 Å². The van der Waals surface area contributed by atoms with Gasteiger partial charge < -0.3 is 10.2 Å². The van der Waals surface area contributed by atoms with Gasteiger partial charge in [0.2, 0.25) is 5.91 Å². The molecule has 1 fully saturated rings. The third-order valence-electron chi connectivity index (χ3n) is 4.70. The second-order valence-corrected chi connectivity index (χ2v) is 7.09. The molecule has 1 heterocycles. The van der Waals surface area contributed by atoms with Crippen LogP contribution in [-0.2, 0) is 11.3 Å². The molecule has 0 radical (unpaired) electrons. The van der Waals surface area contributed by atoms with E-state index in [9.17, 15) is 9.59 Å². The molecule has 3 rings (SSSR count). The molecule has 5 nitrogen and oxygen atoms in total. The van der Waals surface area contributed by atoms with E-state index in [2.05, 4.69) is 10.2 Å². The number of carbonyl (C=O) groups is 2. The summed E-state index contributed by atoms with van der Waals surface area (Å²) in [5.74, 6) is -0.0503. The Morgan fingerprint density at radius 2 is 1.59 bits per heavy atom. The first-order chi connectivity index (χ1) is 13.1. The fourth-order valence-electron chi connectivity index (χ4n) is 3.14. The molecule has 6 heteroatoms. The standard InChI is InChI=1S/C21H24ClN3O2/c22-19-8-6-17(7-9-19)16-24-12-14-25(15-13-24)20(26)10-11-23-21(27)18-4-2-1-3-5-18/h1-9H,10-16H2,(H,23,27). The summed E-state index contributed by atoms with van der Waals surface area (Å²) in [5, 5.41) is 3.55. The summed E-state index contributed by atoms with van der Waals surface area (Å²) in [6, 6.07) is 16.9. The number of amides is 2. The predicted molar refractivity (Wildman–Crippen MR) is 107 cm³/mol. The van der Waals surface area contributed by atoms with Gasteiger partial charge in [0.15, 0.2) is 0 Å². The molecule has 142 valence electrons. The third-order valence-corrected chi connectivity index (χ3v) is 4.96. The summed E-state index contributed by atoms with van der Waals surface area (Å²) in [4.78, 5) is 28.6. The fourth-order valence-corrected chi connectivity index (χ4v) is 3.26. The lowest BCUT2D eigenvalue weighted by atomic mass is 10.2. The highest BCUT2D eigenvalue weighted by atomic mass is 35.5. The van der Waals surface area contributed by atoms with Gasteiger partial charge in [-0.2, -0.15) is 0 Å². The Balaban J connectivity index is 1.37. The summed E-state index contributed by atoms with van der Waals surface area (Å²) >= 11 is 5.92. The summed E-state index contributed by atoms with van der Waals surface area (Å²) in [5.41, 5.74) is 1.84. The molecule has 0 unspecified atom stereocenters. The monoisotopic (exact) mass is 385 g/mol. The van der Waals surface area contributed by atoms with E-state index in [0.29, 0.717) is 18.5 Å². The van der Waals surface area contributed by atoms with E-state index < -0.39 is 0 Å². The molecular weight excluding hydrogens is 362 g/mol. The normalized spacial score (nSPS) is 14.8. The van der Waals surface area contributed by atoms with Crippen molar-refractivity contribution in [2.24, 2.45) is 0 Å². The minimum absolute atomic E-state index is 0.0921. The van der Waals surface area contributed by atoms with Crippen molar-refractivity contribution in [2.75, 3.05) is 32.7 Å². The van der Waals surface area contributed by atoms with Crippen molar-refractivity contribution in [1.82, 2.24) is 15.1 Å². The van der Waals surface area contributed by atoms with Crippen LogP contribution in [0.15, 0.2) is 54.6 Å². The van der Waals surface area contributed by atoms with Crippen LogP contribution in [0.5, 0.6) is 0 Å². The number of piperazine rings is 1. The summed E-state index contributed by atoms with van der Waals surface area (Å²) in [6.07, 6.45) is 0.329. The van der Waals surface area contributed by atoms with Crippen molar-refractivity contribution in [3.63, 3.8) is 0 Å². The summed E-state index contributed by atoms with van der Waals surface area (Å²) < 4.78 is 0. The van der Waals surface area contributed by atoms with Crippen LogP contribution in [0.3, 0.4) is 0 Å². The van der Waals surface area contributed by atoms with Crippen molar-refractivity contribution in [1.29, 1.82) is 0 Å². The zero-order chi connectivity index (χ0) is 19.1. The topological polar surface area (TPSA) is 52.7 Å². The number of benzene rings is 2. The molecule has 0 atom stereocenters. The van der Waals surface area contributed by atoms with Crippen LogP contribution in [0.25, 0.3) is 0 Å². The van der Waals surface area contributed by atoms with Crippen LogP contribution in [0.4, 0.5) is 0 Å². The predicted octanol–water partition coefficient (Wildman–Crippen LogP) is 2.80. The molecule has 0 saturated carbocycles. The zero-order valence-corrected chi connectivity index (χ0v) is 16.0. The maximum atomic E-state index is 12.4. The quantitative estimate of drug-likeness (QED) is 0.831. The van der Waals surface area contributed by atoms with Gasteiger partial charge >= 0.3 is 0 Å². The van der Waals surface area contributed by atoms with E-state index in [1.165, 1.54) is 5.56 Å². The number of carbonyl (C=O) groups excluding carboxylic acids is 2. The van der Waals surface area contributed by atoms with Crippen LogP contribution < -0.4 is 5.32 Å². The van der Waals surface area contributed by atoms with Crippen molar-refractivity contribution >= 4 is 23.4 Å². The zero-order valence-electron chi connectivity index (χ0n) is 15.2. The number of halogens is 1. The minimum atomic E-state index is -0.142. The average Bonchev–Trinajstić information content (AvgIpc) is 2.71. The first-order valence-electron chi connectivity index (χ1n) is 9.19. The van der Waals surface area contributed by atoms with Crippen LogP contribution in [0.2, 0.25) is 5.02 Å². The molecule has 0 bridgehead atoms. The lowest BCUT2D eigenvalue weighted by Gasteiger charge is -2.34. The first-order valence-corrected chi connectivity index (χ1v) is 9.57. The van der Waals surface area contributed by atoms with Crippen LogP contribution in [0, 0.1) is 0 Å². The van der Waals surface area contributed by atoms with Crippen molar-refractivity contribution in [3.8, 4) is 0 Å². The van der Waals surface area contributed by atoms with E-state index in [1.807, 2.05) is 47.4 Å². The Morgan fingerprint density at radius 1 is 0.926 bits per heavy atom. The molecule has 27 heavy (non-hydrogen) atoms. The van der Waals surface area contributed by atoms with Crippen LogP contribution in [-0.4, -0.2) is 54.3 Å². The molecule has 2 amide bonds. The molecule has 0 aromatic heterocycles. The highest BCUT2D eigenvalue weighted by Gasteiger charge is 2.21. The van der Waals surface area contributed by atoms with E-state index in [-0.39, 0.29) is 11.8 Å². The number of nitrogens with zero attached hydrogens (tertiary/aromatic N) is 2. The van der Waals surface area contributed by atoms with Gasteiger partial charge in [0.25, 0.3) is 5.91 Å². The van der Waals surface area contributed by atoms with Crippen molar-refractivity contribution in [3.05, 3.63) is 70.7 Å². The van der Waals surface area contributed by atoms with Gasteiger partial charge in [-0.3, -0.25) is 14.5 Å². The molecule has 1 aliphatic heterocycles.